The van der Waals surface area contributed by atoms with E-state index in [1.807, 2.05) is 0 Å². The molecule has 2 heterocycles. The summed E-state index contributed by atoms with van der Waals surface area (Å²) in [6, 6.07) is 3.32. The fraction of sp³-hybridized carbons (Fsp3) is 0. The van der Waals surface area contributed by atoms with Gasteiger partial charge >= 0.3 is 22.6 Å². The summed E-state index contributed by atoms with van der Waals surface area (Å²) in [6.07, 6.45) is 0. The van der Waals surface area contributed by atoms with E-state index >= 15 is 0 Å². The number of non-ortho nitro benzene ring substituents is 4. The molecule has 2 aromatic carbocycles. The molecule has 2 aromatic heterocycles. The van der Waals surface area contributed by atoms with E-state index in [0.717, 1.165) is 0 Å². The SMILES string of the molecule is O=c1oc2c([N+](=O)[O-])cc([N+](=O)[O-])cc2cc1S(=O)(=O)c1cc2cc([N+](=O)[O-])cc([N+](=O)[O-])c2oc1=O. The average molecular weight is 534 g/mol. The molecule has 4 rings (SSSR count). The Bertz CT molecular complexity index is 1820. The molecule has 0 N–H and O–H groups in total. The number of nitro groups is 4. The normalized spacial score (nSPS) is 11.5. The quantitative estimate of drug-likeness (QED) is 0.195. The highest BCUT2D eigenvalue weighted by molar-refractivity contribution is 7.91. The van der Waals surface area contributed by atoms with Crippen molar-refractivity contribution in [1.29, 1.82) is 0 Å². The molecule has 0 aliphatic carbocycles. The van der Waals surface area contributed by atoms with Crippen molar-refractivity contribution in [1.82, 2.24) is 0 Å². The Balaban J connectivity index is 2.05. The van der Waals surface area contributed by atoms with Crippen LogP contribution in [0.15, 0.2) is 64.6 Å². The van der Waals surface area contributed by atoms with E-state index in [4.69, 9.17) is 8.83 Å². The van der Waals surface area contributed by atoms with Gasteiger partial charge in [0.15, 0.2) is 9.79 Å². The minimum atomic E-state index is -5.21. The maximum absolute atomic E-state index is 13.2. The second kappa shape index (κ2) is 8.27. The van der Waals surface area contributed by atoms with Crippen LogP contribution in [-0.4, -0.2) is 28.1 Å². The Kier molecular flexibility index (Phi) is 5.48. The number of nitro benzene ring substituents is 4. The van der Waals surface area contributed by atoms with Crippen LogP contribution in [0.3, 0.4) is 0 Å². The van der Waals surface area contributed by atoms with Gasteiger partial charge in [-0.2, -0.15) is 0 Å². The van der Waals surface area contributed by atoms with Crippen molar-refractivity contribution >= 4 is 54.5 Å². The fourth-order valence-electron chi connectivity index (χ4n) is 3.34. The van der Waals surface area contributed by atoms with Crippen molar-refractivity contribution < 1.29 is 36.9 Å². The van der Waals surface area contributed by atoms with Gasteiger partial charge < -0.3 is 8.83 Å². The van der Waals surface area contributed by atoms with E-state index < -0.39 is 95.3 Å². The highest BCUT2D eigenvalue weighted by Gasteiger charge is 2.32. The first-order valence-corrected chi connectivity index (χ1v) is 10.8. The van der Waals surface area contributed by atoms with Crippen molar-refractivity contribution in [3.8, 4) is 0 Å². The van der Waals surface area contributed by atoms with Crippen LogP contribution in [-0.2, 0) is 9.84 Å². The highest BCUT2D eigenvalue weighted by atomic mass is 32.2. The maximum atomic E-state index is 13.2. The summed E-state index contributed by atoms with van der Waals surface area (Å²) in [5.74, 6) is 0. The van der Waals surface area contributed by atoms with E-state index in [0.29, 0.717) is 36.4 Å². The largest absolute Gasteiger partial charge is 0.414 e. The monoisotopic (exact) mass is 534 g/mol. The van der Waals surface area contributed by atoms with Gasteiger partial charge in [0.05, 0.1) is 31.8 Å². The number of rotatable bonds is 6. The molecule has 4 aromatic rings. The van der Waals surface area contributed by atoms with Gasteiger partial charge in [0.1, 0.15) is 0 Å². The van der Waals surface area contributed by atoms with E-state index in [9.17, 15) is 58.5 Å². The lowest BCUT2D eigenvalue weighted by atomic mass is 10.2. The van der Waals surface area contributed by atoms with Crippen molar-refractivity contribution in [2.45, 2.75) is 9.79 Å². The molecular weight excluding hydrogens is 528 g/mol. The topological polar surface area (TPSA) is 267 Å². The molecule has 0 radical (unpaired) electrons. The zero-order chi connectivity index (χ0) is 27.4. The van der Waals surface area contributed by atoms with Crippen molar-refractivity contribution in [3.63, 3.8) is 0 Å². The minimum Gasteiger partial charge on any atom is -0.414 e. The van der Waals surface area contributed by atoms with Crippen molar-refractivity contribution in [2.24, 2.45) is 0 Å². The van der Waals surface area contributed by atoms with Gasteiger partial charge in [-0.3, -0.25) is 40.5 Å². The van der Waals surface area contributed by atoms with Gasteiger partial charge in [-0.05, 0) is 12.1 Å². The molecule has 19 heteroatoms. The lowest BCUT2D eigenvalue weighted by Crippen LogP contribution is -2.20. The van der Waals surface area contributed by atoms with Gasteiger partial charge in [-0.15, -0.1) is 0 Å². The molecule has 18 nitrogen and oxygen atoms in total. The lowest BCUT2D eigenvalue weighted by molar-refractivity contribution is -0.393. The maximum Gasteiger partial charge on any atom is 0.355 e. The summed E-state index contributed by atoms with van der Waals surface area (Å²) in [6.45, 7) is 0. The Morgan fingerprint density at radius 2 is 0.919 bits per heavy atom. The third-order valence-corrected chi connectivity index (χ3v) is 6.65. The number of hydrogen-bond donors (Lipinski definition) is 0. The second-order valence-electron chi connectivity index (χ2n) is 7.09. The Hall–Kier alpha value is -5.59. The van der Waals surface area contributed by atoms with E-state index in [1.165, 1.54) is 0 Å². The molecule has 0 amide bonds. The Labute approximate surface area is 199 Å². The molecule has 0 spiro atoms. The fourth-order valence-corrected chi connectivity index (χ4v) is 4.66. The smallest absolute Gasteiger partial charge is 0.355 e. The first-order chi connectivity index (χ1) is 17.2. The third-order valence-electron chi connectivity index (χ3n) is 4.92. The first kappa shape index (κ1) is 24.5. The third kappa shape index (κ3) is 3.99. The molecule has 37 heavy (non-hydrogen) atoms. The van der Waals surface area contributed by atoms with Crippen LogP contribution >= 0.6 is 0 Å². The van der Waals surface area contributed by atoms with Crippen LogP contribution in [0.25, 0.3) is 21.9 Å². The molecule has 0 saturated heterocycles. The number of fused-ring (bicyclic) bond motifs is 2. The summed E-state index contributed by atoms with van der Waals surface area (Å²) < 4.78 is 35.9. The van der Waals surface area contributed by atoms with Crippen LogP contribution in [0, 0.1) is 40.5 Å². The molecular formula is C18H6N4O14S. The predicted molar refractivity (Wildman–Crippen MR) is 117 cm³/mol. The Morgan fingerprint density at radius 1 is 0.568 bits per heavy atom. The van der Waals surface area contributed by atoms with Crippen LogP contribution in [0.4, 0.5) is 22.7 Å². The van der Waals surface area contributed by atoms with E-state index in [1.54, 1.807) is 0 Å². The number of benzene rings is 2. The predicted octanol–water partition coefficient (Wildman–Crippen LogP) is 2.37. The molecule has 0 atom stereocenters. The molecule has 0 saturated carbocycles. The van der Waals surface area contributed by atoms with Crippen LogP contribution in [0.2, 0.25) is 0 Å². The van der Waals surface area contributed by atoms with Gasteiger partial charge in [0.25, 0.3) is 11.4 Å². The van der Waals surface area contributed by atoms with Crippen LogP contribution < -0.4 is 11.3 Å². The standard InChI is InChI=1S/C18H6N4O14S/c23-17-13(3-7-1-9(19(25)26)5-11(21(29)30)15(7)35-17)37(33,34)14-4-8-2-10(20(27)28)6-12(22(31)32)16(8)36-18(14)24/h1-6H. The highest BCUT2D eigenvalue weighted by Crippen LogP contribution is 2.34. The molecule has 0 aliphatic heterocycles. The van der Waals surface area contributed by atoms with Gasteiger partial charge in [-0.25, -0.2) is 18.0 Å². The van der Waals surface area contributed by atoms with E-state index in [2.05, 4.69) is 0 Å². The zero-order valence-corrected chi connectivity index (χ0v) is 18.2. The minimum absolute atomic E-state index is 0.483. The van der Waals surface area contributed by atoms with Crippen LogP contribution in [0.1, 0.15) is 0 Å². The first-order valence-electron chi connectivity index (χ1n) is 9.29. The average Bonchev–Trinajstić information content (AvgIpc) is 2.81. The van der Waals surface area contributed by atoms with Crippen molar-refractivity contribution in [2.75, 3.05) is 0 Å². The van der Waals surface area contributed by atoms with Gasteiger partial charge in [0, 0.05) is 22.9 Å². The molecule has 0 aliphatic rings. The van der Waals surface area contributed by atoms with Gasteiger partial charge in [0.2, 0.25) is 21.0 Å². The van der Waals surface area contributed by atoms with Crippen molar-refractivity contribution in [3.05, 3.63) is 97.7 Å². The second-order valence-corrected chi connectivity index (χ2v) is 8.98. The number of nitrogens with zero attached hydrogens (tertiary/aromatic N) is 4. The summed E-state index contributed by atoms with van der Waals surface area (Å²) in [4.78, 5) is 63.0. The zero-order valence-electron chi connectivity index (χ0n) is 17.4. The van der Waals surface area contributed by atoms with Gasteiger partial charge in [-0.1, -0.05) is 0 Å². The summed E-state index contributed by atoms with van der Waals surface area (Å²) >= 11 is 0. The summed E-state index contributed by atoms with van der Waals surface area (Å²) in [5.41, 5.74) is -8.72. The number of sulfone groups is 1. The van der Waals surface area contributed by atoms with E-state index in [-0.39, 0.29) is 0 Å². The Morgan fingerprint density at radius 3 is 1.22 bits per heavy atom. The molecule has 188 valence electrons. The summed E-state index contributed by atoms with van der Waals surface area (Å²) in [7, 11) is -5.21. The van der Waals surface area contributed by atoms with Crippen LogP contribution in [0.5, 0.6) is 0 Å². The molecule has 0 unspecified atom stereocenters. The molecule has 0 fully saturated rings. The lowest BCUT2D eigenvalue weighted by Gasteiger charge is -2.06. The number of hydrogen-bond acceptors (Lipinski definition) is 14. The summed E-state index contributed by atoms with van der Waals surface area (Å²) in [5, 5.41) is 43.7. The molecule has 0 bridgehead atoms.